The van der Waals surface area contributed by atoms with Gasteiger partial charge in [-0.2, -0.15) is 0 Å². The van der Waals surface area contributed by atoms with Crippen LogP contribution in [0.4, 0.5) is 0 Å². The molecule has 0 spiro atoms. The smallest absolute Gasteiger partial charge is 0.154 e. The van der Waals surface area contributed by atoms with E-state index in [0.29, 0.717) is 0 Å². The van der Waals surface area contributed by atoms with Crippen molar-refractivity contribution in [1.29, 1.82) is 0 Å². The van der Waals surface area contributed by atoms with Gasteiger partial charge in [-0.3, -0.25) is 4.98 Å². The summed E-state index contributed by atoms with van der Waals surface area (Å²) in [5.74, 6) is 0. The van der Waals surface area contributed by atoms with E-state index in [4.69, 9.17) is 0 Å². The van der Waals surface area contributed by atoms with Gasteiger partial charge in [0.2, 0.25) is 0 Å². The molecular formula is C9H15NO2. The third-order valence-electron chi connectivity index (χ3n) is 1.23. The Bertz CT molecular complexity index is 137. The van der Waals surface area contributed by atoms with Gasteiger partial charge in [-0.05, 0) is 19.1 Å². The van der Waals surface area contributed by atoms with Crippen molar-refractivity contribution < 1.29 is 9.47 Å². The van der Waals surface area contributed by atoms with E-state index in [-0.39, 0.29) is 6.29 Å². The maximum atomic E-state index is 4.68. The Labute approximate surface area is 73.3 Å². The normalized spacial score (nSPS) is 9.00. The van der Waals surface area contributed by atoms with Crippen molar-refractivity contribution in [1.82, 2.24) is 4.98 Å². The maximum absolute atomic E-state index is 4.68. The van der Waals surface area contributed by atoms with Gasteiger partial charge in [0.05, 0.1) is 0 Å². The monoisotopic (exact) mass is 169 g/mol. The molecule has 1 heterocycles. The molecule has 0 atom stereocenters. The summed E-state index contributed by atoms with van der Waals surface area (Å²) < 4.78 is 9.35. The Balaban J connectivity index is 0.000000202. The second kappa shape index (κ2) is 8.17. The van der Waals surface area contributed by atoms with Gasteiger partial charge in [-0.15, -0.1) is 0 Å². The Hall–Kier alpha value is -0.930. The van der Waals surface area contributed by atoms with Crippen molar-refractivity contribution in [3.63, 3.8) is 0 Å². The van der Waals surface area contributed by atoms with E-state index in [1.54, 1.807) is 26.6 Å². The highest BCUT2D eigenvalue weighted by Gasteiger charge is 1.87. The lowest BCUT2D eigenvalue weighted by molar-refractivity contribution is -0.0877. The summed E-state index contributed by atoms with van der Waals surface area (Å²) >= 11 is 0. The number of ether oxygens (including phenoxy) is 2. The van der Waals surface area contributed by atoms with Crippen molar-refractivity contribution in [3.8, 4) is 0 Å². The predicted octanol–water partition coefficient (Wildman–Crippen LogP) is 1.71. The van der Waals surface area contributed by atoms with E-state index in [1.807, 2.05) is 25.1 Å². The van der Waals surface area contributed by atoms with Gasteiger partial charge < -0.3 is 9.47 Å². The highest BCUT2D eigenvalue weighted by atomic mass is 16.7. The Morgan fingerprint density at radius 2 is 1.50 bits per heavy atom. The van der Waals surface area contributed by atoms with E-state index in [9.17, 15) is 0 Å². The molecule has 0 aromatic carbocycles. The third kappa shape index (κ3) is 7.18. The highest BCUT2D eigenvalue weighted by molar-refractivity contribution is 4.88. The van der Waals surface area contributed by atoms with Crippen LogP contribution in [-0.4, -0.2) is 25.5 Å². The first-order valence-electron chi connectivity index (χ1n) is 3.71. The van der Waals surface area contributed by atoms with Gasteiger partial charge in [-0.25, -0.2) is 0 Å². The molecule has 0 aliphatic rings. The SMILES string of the molecule is COC(C)OC.c1ccncc1. The lowest BCUT2D eigenvalue weighted by atomic mass is 10.5. The molecule has 3 heteroatoms. The summed E-state index contributed by atoms with van der Waals surface area (Å²) in [5.41, 5.74) is 0. The first kappa shape index (κ1) is 11.1. The molecule has 3 nitrogen and oxygen atoms in total. The molecule has 0 saturated carbocycles. The molecule has 0 N–H and O–H groups in total. The Morgan fingerprint density at radius 1 is 1.00 bits per heavy atom. The second-order valence-electron chi connectivity index (χ2n) is 2.06. The van der Waals surface area contributed by atoms with Crippen LogP contribution in [0.3, 0.4) is 0 Å². The Kier molecular flexibility index (Phi) is 7.54. The standard InChI is InChI=1S/C5H5N.C4H10O2/c1-2-4-6-5-3-1;1-4(5-2)6-3/h1-5H;4H,1-3H3. The largest absolute Gasteiger partial charge is 0.356 e. The van der Waals surface area contributed by atoms with Crippen LogP contribution in [0.25, 0.3) is 0 Å². The number of hydrogen-bond donors (Lipinski definition) is 0. The molecule has 1 aromatic rings. The second-order valence-corrected chi connectivity index (χ2v) is 2.06. The van der Waals surface area contributed by atoms with Crippen LogP contribution in [0.15, 0.2) is 30.6 Å². The van der Waals surface area contributed by atoms with Crippen molar-refractivity contribution >= 4 is 0 Å². The molecule has 0 aliphatic carbocycles. The van der Waals surface area contributed by atoms with Gasteiger partial charge in [-0.1, -0.05) is 6.07 Å². The van der Waals surface area contributed by atoms with E-state index >= 15 is 0 Å². The average Bonchev–Trinajstić information content (AvgIpc) is 2.20. The zero-order valence-corrected chi connectivity index (χ0v) is 7.73. The molecule has 1 rings (SSSR count). The van der Waals surface area contributed by atoms with Gasteiger partial charge in [0.15, 0.2) is 6.29 Å². The molecule has 0 unspecified atom stereocenters. The van der Waals surface area contributed by atoms with E-state index in [1.165, 1.54) is 0 Å². The molecule has 0 amide bonds. The number of aromatic nitrogens is 1. The lowest BCUT2D eigenvalue weighted by Gasteiger charge is -2.03. The first-order valence-corrected chi connectivity index (χ1v) is 3.71. The van der Waals surface area contributed by atoms with Crippen LogP contribution < -0.4 is 0 Å². The van der Waals surface area contributed by atoms with Crippen LogP contribution in [0, 0.1) is 0 Å². The van der Waals surface area contributed by atoms with E-state index in [0.717, 1.165) is 0 Å². The number of rotatable bonds is 2. The van der Waals surface area contributed by atoms with Crippen molar-refractivity contribution in [2.45, 2.75) is 13.2 Å². The summed E-state index contributed by atoms with van der Waals surface area (Å²) in [6.45, 7) is 1.83. The van der Waals surface area contributed by atoms with Crippen LogP contribution in [0.2, 0.25) is 0 Å². The third-order valence-corrected chi connectivity index (χ3v) is 1.23. The minimum atomic E-state index is -0.0648. The quantitative estimate of drug-likeness (QED) is 0.631. The summed E-state index contributed by atoms with van der Waals surface area (Å²) in [7, 11) is 3.21. The average molecular weight is 169 g/mol. The summed E-state index contributed by atoms with van der Waals surface area (Å²) in [5, 5.41) is 0. The topological polar surface area (TPSA) is 31.4 Å². The zero-order chi connectivity index (χ0) is 9.23. The van der Waals surface area contributed by atoms with E-state index < -0.39 is 0 Å². The molecular weight excluding hydrogens is 154 g/mol. The number of pyridine rings is 1. The van der Waals surface area contributed by atoms with Gasteiger partial charge in [0.1, 0.15) is 0 Å². The fourth-order valence-electron chi connectivity index (χ4n) is 0.409. The minimum absolute atomic E-state index is 0.0648. The molecule has 0 saturated heterocycles. The van der Waals surface area contributed by atoms with Crippen molar-refractivity contribution in [2.24, 2.45) is 0 Å². The van der Waals surface area contributed by atoms with Crippen molar-refractivity contribution in [2.75, 3.05) is 14.2 Å². The molecule has 0 aliphatic heterocycles. The Morgan fingerprint density at radius 3 is 1.58 bits per heavy atom. The van der Waals surface area contributed by atoms with Gasteiger partial charge in [0.25, 0.3) is 0 Å². The summed E-state index contributed by atoms with van der Waals surface area (Å²) in [6, 6.07) is 5.72. The zero-order valence-electron chi connectivity index (χ0n) is 7.73. The predicted molar refractivity (Wildman–Crippen MR) is 47.7 cm³/mol. The minimum Gasteiger partial charge on any atom is -0.356 e. The highest BCUT2D eigenvalue weighted by Crippen LogP contribution is 1.83. The number of hydrogen-bond acceptors (Lipinski definition) is 3. The van der Waals surface area contributed by atoms with Crippen molar-refractivity contribution in [3.05, 3.63) is 30.6 Å². The first-order chi connectivity index (χ1) is 5.81. The van der Waals surface area contributed by atoms with Crippen LogP contribution in [-0.2, 0) is 9.47 Å². The van der Waals surface area contributed by atoms with Gasteiger partial charge in [0, 0.05) is 26.6 Å². The van der Waals surface area contributed by atoms with E-state index in [2.05, 4.69) is 14.5 Å². The maximum Gasteiger partial charge on any atom is 0.154 e. The van der Waals surface area contributed by atoms with Crippen LogP contribution >= 0.6 is 0 Å². The summed E-state index contributed by atoms with van der Waals surface area (Å²) in [6.07, 6.45) is 3.44. The molecule has 12 heavy (non-hydrogen) atoms. The summed E-state index contributed by atoms with van der Waals surface area (Å²) in [4.78, 5) is 3.78. The lowest BCUT2D eigenvalue weighted by Crippen LogP contribution is -2.05. The fourth-order valence-corrected chi connectivity index (χ4v) is 0.409. The molecule has 0 bridgehead atoms. The fraction of sp³-hybridized carbons (Fsp3) is 0.444. The number of nitrogens with zero attached hydrogens (tertiary/aromatic N) is 1. The molecule has 0 fully saturated rings. The molecule has 68 valence electrons. The molecule has 0 radical (unpaired) electrons. The molecule has 1 aromatic heterocycles. The van der Waals surface area contributed by atoms with Crippen LogP contribution in [0.5, 0.6) is 0 Å². The van der Waals surface area contributed by atoms with Gasteiger partial charge >= 0.3 is 0 Å². The van der Waals surface area contributed by atoms with Crippen LogP contribution in [0.1, 0.15) is 6.92 Å². The number of methoxy groups -OCH3 is 2.